The molecule has 0 spiro atoms. The maximum absolute atomic E-state index is 12.8. The van der Waals surface area contributed by atoms with Crippen LogP contribution >= 0.6 is 0 Å². The molecule has 30 heavy (non-hydrogen) atoms. The standard InChI is InChI=1S/C23H27N3O4/c1-4-30-19-11-9-18(10-12-19)26-22(28)14-20(23(26)29)24-16-5-7-17(8-6-16)25-21(27)13-15(2)3/h5-12,15,20,24H,4,13-14H2,1-3H3,(H,25,27)/t20-/m1/s1. The predicted octanol–water partition coefficient (Wildman–Crippen LogP) is 3.81. The summed E-state index contributed by atoms with van der Waals surface area (Å²) in [6, 6.07) is 13.4. The van der Waals surface area contributed by atoms with Gasteiger partial charge in [-0.3, -0.25) is 14.4 Å². The Bertz CT molecular complexity index is 907. The van der Waals surface area contributed by atoms with Gasteiger partial charge in [0.15, 0.2) is 0 Å². The zero-order valence-electron chi connectivity index (χ0n) is 17.5. The molecule has 0 aliphatic carbocycles. The predicted molar refractivity (Wildman–Crippen MR) is 117 cm³/mol. The number of hydrogen-bond donors (Lipinski definition) is 2. The van der Waals surface area contributed by atoms with Crippen LogP contribution in [0.15, 0.2) is 48.5 Å². The van der Waals surface area contributed by atoms with Gasteiger partial charge in [0.1, 0.15) is 11.8 Å². The van der Waals surface area contributed by atoms with E-state index >= 15 is 0 Å². The molecule has 0 saturated carbocycles. The molecule has 1 heterocycles. The van der Waals surface area contributed by atoms with Crippen LogP contribution in [0.5, 0.6) is 5.75 Å². The first-order chi connectivity index (χ1) is 14.4. The highest BCUT2D eigenvalue weighted by molar-refractivity contribution is 6.23. The van der Waals surface area contributed by atoms with Gasteiger partial charge in [0.05, 0.1) is 18.7 Å². The van der Waals surface area contributed by atoms with Crippen LogP contribution in [0.1, 0.15) is 33.6 Å². The molecule has 1 aliphatic rings. The Hall–Kier alpha value is -3.35. The molecule has 2 N–H and O–H groups in total. The highest BCUT2D eigenvalue weighted by Crippen LogP contribution is 2.27. The maximum Gasteiger partial charge on any atom is 0.256 e. The molecule has 158 valence electrons. The fourth-order valence-corrected chi connectivity index (χ4v) is 3.31. The Balaban J connectivity index is 1.63. The minimum Gasteiger partial charge on any atom is -0.494 e. The first kappa shape index (κ1) is 21.4. The van der Waals surface area contributed by atoms with Gasteiger partial charge in [0.2, 0.25) is 11.8 Å². The van der Waals surface area contributed by atoms with E-state index in [1.807, 2.05) is 20.8 Å². The van der Waals surface area contributed by atoms with E-state index in [1.165, 1.54) is 4.90 Å². The smallest absolute Gasteiger partial charge is 0.256 e. The average Bonchev–Trinajstić information content (AvgIpc) is 2.97. The van der Waals surface area contributed by atoms with E-state index < -0.39 is 6.04 Å². The first-order valence-electron chi connectivity index (χ1n) is 10.1. The van der Waals surface area contributed by atoms with Crippen molar-refractivity contribution >= 4 is 34.8 Å². The van der Waals surface area contributed by atoms with Gasteiger partial charge in [-0.05, 0) is 61.4 Å². The molecule has 0 aromatic heterocycles. The lowest BCUT2D eigenvalue weighted by molar-refractivity contribution is -0.121. The highest BCUT2D eigenvalue weighted by Gasteiger charge is 2.39. The van der Waals surface area contributed by atoms with Crippen molar-refractivity contribution in [3.8, 4) is 5.75 Å². The van der Waals surface area contributed by atoms with Crippen LogP contribution in [-0.4, -0.2) is 30.4 Å². The fourth-order valence-electron chi connectivity index (χ4n) is 3.31. The molecule has 7 heteroatoms. The van der Waals surface area contributed by atoms with E-state index in [2.05, 4.69) is 10.6 Å². The topological polar surface area (TPSA) is 87.7 Å². The van der Waals surface area contributed by atoms with Crippen molar-refractivity contribution in [2.75, 3.05) is 22.1 Å². The zero-order valence-corrected chi connectivity index (χ0v) is 17.5. The van der Waals surface area contributed by atoms with E-state index in [0.717, 1.165) is 0 Å². The summed E-state index contributed by atoms with van der Waals surface area (Å²) >= 11 is 0. The lowest BCUT2D eigenvalue weighted by Gasteiger charge is -2.17. The molecule has 3 amide bonds. The van der Waals surface area contributed by atoms with Gasteiger partial charge < -0.3 is 15.4 Å². The Morgan fingerprint density at radius 3 is 2.30 bits per heavy atom. The summed E-state index contributed by atoms with van der Waals surface area (Å²) in [7, 11) is 0. The number of rotatable bonds is 8. The van der Waals surface area contributed by atoms with Crippen molar-refractivity contribution < 1.29 is 19.1 Å². The van der Waals surface area contributed by atoms with Gasteiger partial charge in [0.25, 0.3) is 5.91 Å². The van der Waals surface area contributed by atoms with Crippen LogP contribution in [0.3, 0.4) is 0 Å². The normalized spacial score (nSPS) is 16.1. The molecule has 1 atom stereocenters. The molecule has 3 rings (SSSR count). The third-order valence-corrected chi connectivity index (χ3v) is 4.66. The second-order valence-electron chi connectivity index (χ2n) is 7.62. The molecule has 1 fully saturated rings. The van der Waals surface area contributed by atoms with Gasteiger partial charge in [-0.15, -0.1) is 0 Å². The van der Waals surface area contributed by atoms with Gasteiger partial charge in [-0.1, -0.05) is 13.8 Å². The quantitative estimate of drug-likeness (QED) is 0.647. The van der Waals surface area contributed by atoms with E-state index in [0.29, 0.717) is 35.8 Å². The van der Waals surface area contributed by atoms with E-state index in [9.17, 15) is 14.4 Å². The van der Waals surface area contributed by atoms with E-state index in [-0.39, 0.29) is 30.1 Å². The van der Waals surface area contributed by atoms with Gasteiger partial charge in [-0.25, -0.2) is 4.90 Å². The third kappa shape index (κ3) is 5.17. The zero-order chi connectivity index (χ0) is 21.7. The maximum atomic E-state index is 12.8. The highest BCUT2D eigenvalue weighted by atomic mass is 16.5. The monoisotopic (exact) mass is 409 g/mol. The lowest BCUT2D eigenvalue weighted by Crippen LogP contribution is -2.34. The number of anilines is 3. The SMILES string of the molecule is CCOc1ccc(N2C(=O)C[C@@H](Nc3ccc(NC(=O)CC(C)C)cc3)C2=O)cc1. The van der Waals surface area contributed by atoms with Crippen LogP contribution in [0.4, 0.5) is 17.1 Å². The number of ether oxygens (including phenoxy) is 1. The Labute approximate surface area is 176 Å². The van der Waals surface area contributed by atoms with E-state index in [4.69, 9.17) is 4.74 Å². The summed E-state index contributed by atoms with van der Waals surface area (Å²) in [5, 5.41) is 5.96. The average molecular weight is 409 g/mol. The Morgan fingerprint density at radius 2 is 1.70 bits per heavy atom. The third-order valence-electron chi connectivity index (χ3n) is 4.66. The molecule has 2 aromatic rings. The molecule has 0 bridgehead atoms. The first-order valence-corrected chi connectivity index (χ1v) is 10.1. The summed E-state index contributed by atoms with van der Waals surface area (Å²) in [4.78, 5) is 38.3. The number of carbonyl (C=O) groups is 3. The van der Waals surface area contributed by atoms with Crippen LogP contribution in [0, 0.1) is 5.92 Å². The number of imide groups is 1. The number of hydrogen-bond acceptors (Lipinski definition) is 5. The second-order valence-corrected chi connectivity index (χ2v) is 7.62. The Morgan fingerprint density at radius 1 is 1.07 bits per heavy atom. The van der Waals surface area contributed by atoms with Gasteiger partial charge in [0, 0.05) is 17.8 Å². The van der Waals surface area contributed by atoms with Gasteiger partial charge >= 0.3 is 0 Å². The minimum atomic E-state index is -0.634. The molecular weight excluding hydrogens is 382 g/mol. The lowest BCUT2D eigenvalue weighted by atomic mass is 10.1. The number of carbonyl (C=O) groups excluding carboxylic acids is 3. The second kappa shape index (κ2) is 9.43. The summed E-state index contributed by atoms with van der Waals surface area (Å²) in [6.07, 6.45) is 0.541. The summed E-state index contributed by atoms with van der Waals surface area (Å²) in [5.41, 5.74) is 1.92. The Kier molecular flexibility index (Phi) is 6.72. The van der Waals surface area contributed by atoms with Crippen molar-refractivity contribution in [2.24, 2.45) is 5.92 Å². The fraction of sp³-hybridized carbons (Fsp3) is 0.348. The van der Waals surface area contributed by atoms with Crippen LogP contribution < -0.4 is 20.3 Å². The van der Waals surface area contributed by atoms with Gasteiger partial charge in [-0.2, -0.15) is 0 Å². The van der Waals surface area contributed by atoms with Crippen molar-refractivity contribution in [1.82, 2.24) is 0 Å². The minimum absolute atomic E-state index is 0.0340. The summed E-state index contributed by atoms with van der Waals surface area (Å²) in [5.74, 6) is 0.400. The van der Waals surface area contributed by atoms with Crippen molar-refractivity contribution in [2.45, 2.75) is 39.7 Å². The number of amides is 3. The number of benzene rings is 2. The molecule has 1 aliphatic heterocycles. The molecule has 0 radical (unpaired) electrons. The van der Waals surface area contributed by atoms with Crippen molar-refractivity contribution in [3.05, 3.63) is 48.5 Å². The molecule has 0 unspecified atom stereocenters. The molecule has 1 saturated heterocycles. The summed E-state index contributed by atoms with van der Waals surface area (Å²) in [6.45, 7) is 6.42. The van der Waals surface area contributed by atoms with Crippen LogP contribution in [0.25, 0.3) is 0 Å². The van der Waals surface area contributed by atoms with Crippen LogP contribution in [-0.2, 0) is 14.4 Å². The van der Waals surface area contributed by atoms with Crippen molar-refractivity contribution in [3.63, 3.8) is 0 Å². The number of nitrogens with one attached hydrogen (secondary N) is 2. The molecule has 2 aromatic carbocycles. The summed E-state index contributed by atoms with van der Waals surface area (Å²) < 4.78 is 5.40. The molecule has 7 nitrogen and oxygen atoms in total. The molecular formula is C23H27N3O4. The number of nitrogens with zero attached hydrogens (tertiary/aromatic N) is 1. The van der Waals surface area contributed by atoms with Crippen LogP contribution in [0.2, 0.25) is 0 Å². The van der Waals surface area contributed by atoms with E-state index in [1.54, 1.807) is 48.5 Å². The van der Waals surface area contributed by atoms with Crippen molar-refractivity contribution in [1.29, 1.82) is 0 Å². The largest absolute Gasteiger partial charge is 0.494 e.